The van der Waals surface area contributed by atoms with Gasteiger partial charge in [-0.05, 0) is 35.4 Å². The number of para-hydroxylation sites is 1. The summed E-state index contributed by atoms with van der Waals surface area (Å²) >= 11 is 0. The topological polar surface area (TPSA) is 29.1 Å². The molecule has 0 heterocycles. The highest BCUT2D eigenvalue weighted by molar-refractivity contribution is 6.24. The number of hydrogen-bond donors (Lipinski definition) is 1. The van der Waals surface area contributed by atoms with Gasteiger partial charge in [-0.25, -0.2) is 4.39 Å². The number of ketones is 1. The van der Waals surface area contributed by atoms with Crippen molar-refractivity contribution in [2.24, 2.45) is 0 Å². The highest BCUT2D eigenvalue weighted by atomic mass is 19.1. The zero-order valence-corrected chi connectivity index (χ0v) is 12.8. The third kappa shape index (κ3) is 2.40. The van der Waals surface area contributed by atoms with E-state index in [1.165, 1.54) is 12.1 Å². The molecule has 3 heteroatoms. The number of carbonyl (C=O) groups is 1. The molecule has 3 aromatic rings. The van der Waals surface area contributed by atoms with Gasteiger partial charge in [-0.3, -0.25) is 4.79 Å². The van der Waals surface area contributed by atoms with Crippen LogP contribution in [0, 0.1) is 5.82 Å². The Morgan fingerprint density at radius 2 is 1.33 bits per heavy atom. The quantitative estimate of drug-likeness (QED) is 0.745. The zero-order valence-electron chi connectivity index (χ0n) is 12.8. The Kier molecular flexibility index (Phi) is 3.47. The normalized spacial score (nSPS) is 13.1. The Morgan fingerprint density at radius 1 is 0.708 bits per heavy atom. The Balaban J connectivity index is 1.89. The average Bonchev–Trinajstić information content (AvgIpc) is 2.89. The molecule has 2 nitrogen and oxygen atoms in total. The minimum absolute atomic E-state index is 0.0474. The SMILES string of the molecule is O=C1C(Nc2ccccc2)=C(c2ccc(F)cc2)c2ccccc21. The van der Waals surface area contributed by atoms with Crippen LogP contribution in [0.25, 0.3) is 5.57 Å². The molecule has 0 unspecified atom stereocenters. The summed E-state index contributed by atoms with van der Waals surface area (Å²) in [7, 11) is 0. The number of Topliss-reactive ketones (excluding diaryl/α,β-unsaturated/α-hetero) is 1. The largest absolute Gasteiger partial charge is 0.352 e. The molecule has 4 rings (SSSR count). The molecule has 0 aliphatic heterocycles. The summed E-state index contributed by atoms with van der Waals surface area (Å²) in [5.74, 6) is -0.344. The first-order valence-corrected chi connectivity index (χ1v) is 7.70. The molecule has 1 N–H and O–H groups in total. The van der Waals surface area contributed by atoms with E-state index in [9.17, 15) is 9.18 Å². The standard InChI is InChI=1S/C21H14FNO/c22-15-12-10-14(11-13-15)19-17-8-4-5-9-18(17)21(24)20(19)23-16-6-2-1-3-7-16/h1-13H,(H,23,24). The molecule has 116 valence electrons. The van der Waals surface area contributed by atoms with Gasteiger partial charge in [-0.2, -0.15) is 0 Å². The van der Waals surface area contributed by atoms with Crippen LogP contribution in [-0.4, -0.2) is 5.78 Å². The lowest BCUT2D eigenvalue weighted by molar-refractivity contribution is 0.103. The van der Waals surface area contributed by atoms with E-state index in [1.807, 2.05) is 54.6 Å². The molecule has 0 bridgehead atoms. The van der Waals surface area contributed by atoms with Crippen molar-refractivity contribution < 1.29 is 9.18 Å². The highest BCUT2D eigenvalue weighted by Gasteiger charge is 2.30. The van der Waals surface area contributed by atoms with Crippen molar-refractivity contribution in [1.29, 1.82) is 0 Å². The number of halogens is 1. The predicted molar refractivity (Wildman–Crippen MR) is 93.3 cm³/mol. The minimum Gasteiger partial charge on any atom is -0.352 e. The minimum atomic E-state index is -0.297. The lowest BCUT2D eigenvalue weighted by atomic mass is 9.99. The Morgan fingerprint density at radius 3 is 2.04 bits per heavy atom. The van der Waals surface area contributed by atoms with Gasteiger partial charge in [0.25, 0.3) is 0 Å². The number of hydrogen-bond acceptors (Lipinski definition) is 2. The van der Waals surface area contributed by atoms with Gasteiger partial charge in [-0.1, -0.05) is 54.6 Å². The maximum atomic E-state index is 13.3. The van der Waals surface area contributed by atoms with E-state index in [1.54, 1.807) is 12.1 Å². The second-order valence-corrected chi connectivity index (χ2v) is 5.62. The summed E-state index contributed by atoms with van der Waals surface area (Å²) in [6.07, 6.45) is 0. The van der Waals surface area contributed by atoms with E-state index < -0.39 is 0 Å². The molecule has 3 aromatic carbocycles. The van der Waals surface area contributed by atoms with E-state index in [0.717, 1.165) is 22.4 Å². The van der Waals surface area contributed by atoms with Crippen LogP contribution in [0.15, 0.2) is 84.6 Å². The number of rotatable bonds is 3. The molecule has 0 fully saturated rings. The third-order valence-electron chi connectivity index (χ3n) is 4.09. The third-order valence-corrected chi connectivity index (χ3v) is 4.09. The Labute approximate surface area is 139 Å². The number of carbonyl (C=O) groups excluding carboxylic acids is 1. The summed E-state index contributed by atoms with van der Waals surface area (Å²) in [5, 5.41) is 3.24. The van der Waals surface area contributed by atoms with Gasteiger partial charge in [0.05, 0.1) is 5.70 Å². The lowest BCUT2D eigenvalue weighted by Gasteiger charge is -2.10. The van der Waals surface area contributed by atoms with Crippen molar-refractivity contribution in [3.63, 3.8) is 0 Å². The summed E-state index contributed by atoms with van der Waals surface area (Å²) < 4.78 is 13.3. The molecular weight excluding hydrogens is 301 g/mol. The van der Waals surface area contributed by atoms with E-state index in [-0.39, 0.29) is 11.6 Å². The van der Waals surface area contributed by atoms with Crippen molar-refractivity contribution in [3.8, 4) is 0 Å². The molecular formula is C21H14FNO. The first kappa shape index (κ1) is 14.4. The fourth-order valence-corrected chi connectivity index (χ4v) is 2.98. The molecule has 0 spiro atoms. The molecule has 1 aliphatic rings. The molecule has 0 amide bonds. The summed E-state index contributed by atoms with van der Waals surface area (Å²) in [5.41, 5.74) is 4.51. The summed E-state index contributed by atoms with van der Waals surface area (Å²) in [6.45, 7) is 0. The smallest absolute Gasteiger partial charge is 0.210 e. The second-order valence-electron chi connectivity index (χ2n) is 5.62. The van der Waals surface area contributed by atoms with Gasteiger partial charge in [0, 0.05) is 16.8 Å². The number of benzene rings is 3. The van der Waals surface area contributed by atoms with E-state index >= 15 is 0 Å². The van der Waals surface area contributed by atoms with Crippen LogP contribution in [0.1, 0.15) is 21.5 Å². The highest BCUT2D eigenvalue weighted by Crippen LogP contribution is 2.37. The van der Waals surface area contributed by atoms with Gasteiger partial charge in [0.2, 0.25) is 5.78 Å². The second kappa shape index (κ2) is 5.78. The number of nitrogens with one attached hydrogen (secondary N) is 1. The van der Waals surface area contributed by atoms with E-state index in [2.05, 4.69) is 5.32 Å². The first-order chi connectivity index (χ1) is 11.7. The van der Waals surface area contributed by atoms with Gasteiger partial charge in [-0.15, -0.1) is 0 Å². The van der Waals surface area contributed by atoms with Gasteiger partial charge < -0.3 is 5.32 Å². The average molecular weight is 315 g/mol. The lowest BCUT2D eigenvalue weighted by Crippen LogP contribution is -2.08. The molecule has 24 heavy (non-hydrogen) atoms. The monoisotopic (exact) mass is 315 g/mol. The number of fused-ring (bicyclic) bond motifs is 1. The summed E-state index contributed by atoms with van der Waals surface area (Å²) in [4.78, 5) is 12.9. The molecule has 0 saturated heterocycles. The van der Waals surface area contributed by atoms with E-state index in [4.69, 9.17) is 0 Å². The van der Waals surface area contributed by atoms with Crippen molar-refractivity contribution in [1.82, 2.24) is 0 Å². The first-order valence-electron chi connectivity index (χ1n) is 7.70. The van der Waals surface area contributed by atoms with E-state index in [0.29, 0.717) is 11.3 Å². The van der Waals surface area contributed by atoms with Crippen LogP contribution in [-0.2, 0) is 0 Å². The number of anilines is 1. The van der Waals surface area contributed by atoms with Crippen LogP contribution >= 0.6 is 0 Å². The number of allylic oxidation sites excluding steroid dienone is 1. The fourth-order valence-electron chi connectivity index (χ4n) is 2.98. The van der Waals surface area contributed by atoms with Crippen LogP contribution in [0.4, 0.5) is 10.1 Å². The molecule has 0 saturated carbocycles. The van der Waals surface area contributed by atoms with Crippen molar-refractivity contribution in [2.45, 2.75) is 0 Å². The van der Waals surface area contributed by atoms with Crippen molar-refractivity contribution in [3.05, 3.63) is 107 Å². The van der Waals surface area contributed by atoms with Gasteiger partial charge in [0.15, 0.2) is 0 Å². The molecule has 0 atom stereocenters. The molecule has 1 aliphatic carbocycles. The Bertz CT molecular complexity index is 943. The maximum absolute atomic E-state index is 13.3. The van der Waals surface area contributed by atoms with Gasteiger partial charge in [0.1, 0.15) is 5.82 Å². The molecule has 0 aromatic heterocycles. The van der Waals surface area contributed by atoms with Crippen LogP contribution < -0.4 is 5.32 Å². The van der Waals surface area contributed by atoms with Gasteiger partial charge >= 0.3 is 0 Å². The summed E-state index contributed by atoms with van der Waals surface area (Å²) in [6, 6.07) is 23.3. The Hall–Kier alpha value is -3.20. The van der Waals surface area contributed by atoms with Crippen LogP contribution in [0.2, 0.25) is 0 Å². The zero-order chi connectivity index (χ0) is 16.5. The van der Waals surface area contributed by atoms with Crippen LogP contribution in [0.5, 0.6) is 0 Å². The van der Waals surface area contributed by atoms with Crippen molar-refractivity contribution in [2.75, 3.05) is 5.32 Å². The fraction of sp³-hybridized carbons (Fsp3) is 0. The predicted octanol–water partition coefficient (Wildman–Crippen LogP) is 4.89. The molecule has 0 radical (unpaired) electrons. The van der Waals surface area contributed by atoms with Crippen molar-refractivity contribution >= 4 is 17.0 Å². The maximum Gasteiger partial charge on any atom is 0.210 e. The van der Waals surface area contributed by atoms with Crippen LogP contribution in [0.3, 0.4) is 0 Å².